The first-order valence-electron chi connectivity index (χ1n) is 6.91. The highest BCUT2D eigenvalue weighted by Crippen LogP contribution is 2.29. The Morgan fingerprint density at radius 1 is 0.960 bits per heavy atom. The van der Waals surface area contributed by atoms with Crippen molar-refractivity contribution in [1.82, 2.24) is 9.55 Å². The van der Waals surface area contributed by atoms with Gasteiger partial charge in [0.1, 0.15) is 12.3 Å². The number of nitrogens with zero attached hydrogens (tertiary/aromatic N) is 2. The van der Waals surface area contributed by atoms with E-state index in [1.165, 1.54) is 11.6 Å². The first-order chi connectivity index (χ1) is 11.8. The number of rotatable bonds is 3. The minimum absolute atomic E-state index is 0.245. The second kappa shape index (κ2) is 6.15. The number of benzene rings is 2. The van der Waals surface area contributed by atoms with Crippen molar-refractivity contribution in [3.63, 3.8) is 0 Å². The predicted molar refractivity (Wildman–Crippen MR) is 77.5 cm³/mol. The molecule has 25 heavy (non-hydrogen) atoms. The SMILES string of the molecule is Cn1c(=O)c(COc2c(F)c(F)c(F)c(F)c2F)nc2ccccc21. The maximum Gasteiger partial charge on any atom is 0.276 e. The molecule has 9 heteroatoms. The second-order valence-corrected chi connectivity index (χ2v) is 5.10. The molecule has 0 atom stereocenters. The lowest BCUT2D eigenvalue weighted by Crippen LogP contribution is -2.24. The number of para-hydroxylation sites is 2. The summed E-state index contributed by atoms with van der Waals surface area (Å²) < 4.78 is 72.4. The van der Waals surface area contributed by atoms with Crippen LogP contribution in [0.4, 0.5) is 22.0 Å². The van der Waals surface area contributed by atoms with Crippen molar-refractivity contribution >= 4 is 11.0 Å². The molecule has 2 aromatic carbocycles. The molecule has 0 saturated heterocycles. The lowest BCUT2D eigenvalue weighted by atomic mass is 10.2. The van der Waals surface area contributed by atoms with Gasteiger partial charge in [0.2, 0.25) is 29.1 Å². The molecule has 0 N–H and O–H groups in total. The molecule has 0 aliphatic heterocycles. The Labute approximate surface area is 137 Å². The molecule has 3 rings (SSSR count). The molecule has 1 heterocycles. The number of fused-ring (bicyclic) bond motifs is 1. The van der Waals surface area contributed by atoms with Gasteiger partial charge in [-0.2, -0.15) is 8.78 Å². The van der Waals surface area contributed by atoms with Gasteiger partial charge in [-0.15, -0.1) is 0 Å². The normalized spacial score (nSPS) is 11.1. The summed E-state index contributed by atoms with van der Waals surface area (Å²) in [7, 11) is 1.45. The molecular formula is C16H9F5N2O2. The second-order valence-electron chi connectivity index (χ2n) is 5.10. The maximum atomic E-state index is 13.6. The number of halogens is 5. The quantitative estimate of drug-likeness (QED) is 0.411. The lowest BCUT2D eigenvalue weighted by Gasteiger charge is -2.11. The Hall–Kier alpha value is -2.97. The molecule has 0 aliphatic rings. The zero-order chi connectivity index (χ0) is 18.3. The monoisotopic (exact) mass is 356 g/mol. The van der Waals surface area contributed by atoms with Crippen LogP contribution in [-0.2, 0) is 13.7 Å². The average Bonchev–Trinajstić information content (AvgIpc) is 2.62. The van der Waals surface area contributed by atoms with Crippen LogP contribution in [-0.4, -0.2) is 9.55 Å². The summed E-state index contributed by atoms with van der Waals surface area (Å²) in [5.74, 6) is -12.2. The maximum absolute atomic E-state index is 13.6. The molecule has 0 fully saturated rings. The van der Waals surface area contributed by atoms with E-state index < -0.39 is 47.0 Å². The van der Waals surface area contributed by atoms with E-state index >= 15 is 0 Å². The van der Waals surface area contributed by atoms with Crippen LogP contribution in [0.2, 0.25) is 0 Å². The standard InChI is InChI=1S/C16H9F5N2O2/c1-23-9-5-3-2-4-7(9)22-8(16(23)24)6-25-15-13(20)11(18)10(17)12(19)14(15)21/h2-5H,6H2,1H3. The van der Waals surface area contributed by atoms with E-state index in [1.807, 2.05) is 0 Å². The van der Waals surface area contributed by atoms with E-state index in [9.17, 15) is 26.7 Å². The van der Waals surface area contributed by atoms with Gasteiger partial charge < -0.3 is 9.30 Å². The third-order valence-corrected chi connectivity index (χ3v) is 3.57. The van der Waals surface area contributed by atoms with Crippen molar-refractivity contribution in [3.05, 3.63) is 69.4 Å². The highest BCUT2D eigenvalue weighted by atomic mass is 19.2. The van der Waals surface area contributed by atoms with E-state index in [-0.39, 0.29) is 5.69 Å². The zero-order valence-corrected chi connectivity index (χ0v) is 12.6. The predicted octanol–water partition coefficient (Wildman–Crippen LogP) is 3.21. The van der Waals surface area contributed by atoms with Gasteiger partial charge >= 0.3 is 0 Å². The summed E-state index contributed by atoms with van der Waals surface area (Å²) in [5, 5.41) is 0. The van der Waals surface area contributed by atoms with E-state index in [0.717, 1.165) is 0 Å². The minimum atomic E-state index is -2.29. The number of hydrogen-bond donors (Lipinski definition) is 0. The Balaban J connectivity index is 2.02. The fourth-order valence-corrected chi connectivity index (χ4v) is 2.28. The zero-order valence-electron chi connectivity index (χ0n) is 12.6. The Morgan fingerprint density at radius 3 is 2.16 bits per heavy atom. The molecule has 0 radical (unpaired) electrons. The third-order valence-electron chi connectivity index (χ3n) is 3.57. The van der Waals surface area contributed by atoms with E-state index in [2.05, 4.69) is 9.72 Å². The summed E-state index contributed by atoms with van der Waals surface area (Å²) in [6.45, 7) is -0.768. The number of ether oxygens (including phenoxy) is 1. The lowest BCUT2D eigenvalue weighted by molar-refractivity contribution is 0.249. The summed E-state index contributed by atoms with van der Waals surface area (Å²) in [4.78, 5) is 16.2. The number of aromatic nitrogens is 2. The third kappa shape index (κ3) is 2.71. The molecule has 0 unspecified atom stereocenters. The molecular weight excluding hydrogens is 347 g/mol. The average molecular weight is 356 g/mol. The molecule has 4 nitrogen and oxygen atoms in total. The van der Waals surface area contributed by atoms with Crippen LogP contribution in [0.15, 0.2) is 29.1 Å². The number of hydrogen-bond acceptors (Lipinski definition) is 3. The summed E-state index contributed by atoms with van der Waals surface area (Å²) in [6.07, 6.45) is 0. The number of aryl methyl sites for hydroxylation is 1. The van der Waals surface area contributed by atoms with Gasteiger partial charge in [0.15, 0.2) is 5.75 Å². The van der Waals surface area contributed by atoms with Gasteiger partial charge in [0, 0.05) is 7.05 Å². The van der Waals surface area contributed by atoms with Crippen LogP contribution in [0, 0.1) is 29.1 Å². The molecule has 0 saturated carbocycles. The first kappa shape index (κ1) is 16.9. The Bertz CT molecular complexity index is 1020. The van der Waals surface area contributed by atoms with Crippen LogP contribution >= 0.6 is 0 Å². The first-order valence-corrected chi connectivity index (χ1v) is 6.91. The molecule has 3 aromatic rings. The van der Waals surface area contributed by atoms with Crippen molar-refractivity contribution in [1.29, 1.82) is 0 Å². The fraction of sp³-hybridized carbons (Fsp3) is 0.125. The van der Waals surface area contributed by atoms with Crippen molar-refractivity contribution in [2.24, 2.45) is 7.05 Å². The van der Waals surface area contributed by atoms with Gasteiger partial charge in [-0.3, -0.25) is 4.79 Å². The van der Waals surface area contributed by atoms with Crippen molar-refractivity contribution < 1.29 is 26.7 Å². The summed E-state index contributed by atoms with van der Waals surface area (Å²) in [5.41, 5.74) is 0.0424. The van der Waals surface area contributed by atoms with E-state index in [0.29, 0.717) is 11.0 Å². The Kier molecular flexibility index (Phi) is 4.15. The fourth-order valence-electron chi connectivity index (χ4n) is 2.28. The van der Waals surface area contributed by atoms with Crippen molar-refractivity contribution in [3.8, 4) is 5.75 Å². The van der Waals surface area contributed by atoms with Gasteiger partial charge in [0.05, 0.1) is 11.0 Å². The summed E-state index contributed by atoms with van der Waals surface area (Å²) >= 11 is 0. The molecule has 0 amide bonds. The molecule has 1 aromatic heterocycles. The van der Waals surface area contributed by atoms with Gasteiger partial charge in [0.25, 0.3) is 5.56 Å². The van der Waals surface area contributed by atoms with Gasteiger partial charge in [-0.05, 0) is 12.1 Å². The van der Waals surface area contributed by atoms with Crippen LogP contribution in [0.5, 0.6) is 5.75 Å². The summed E-state index contributed by atoms with van der Waals surface area (Å²) in [6, 6.07) is 6.58. The van der Waals surface area contributed by atoms with E-state index in [1.54, 1.807) is 24.3 Å². The Morgan fingerprint density at radius 2 is 1.52 bits per heavy atom. The van der Waals surface area contributed by atoms with Crippen LogP contribution < -0.4 is 10.3 Å². The van der Waals surface area contributed by atoms with Crippen LogP contribution in [0.25, 0.3) is 11.0 Å². The van der Waals surface area contributed by atoms with Crippen molar-refractivity contribution in [2.45, 2.75) is 6.61 Å². The van der Waals surface area contributed by atoms with Gasteiger partial charge in [-0.25, -0.2) is 18.2 Å². The van der Waals surface area contributed by atoms with E-state index in [4.69, 9.17) is 0 Å². The van der Waals surface area contributed by atoms with Gasteiger partial charge in [-0.1, -0.05) is 12.1 Å². The molecule has 0 bridgehead atoms. The molecule has 130 valence electrons. The molecule has 0 spiro atoms. The van der Waals surface area contributed by atoms with Crippen LogP contribution in [0.3, 0.4) is 0 Å². The largest absolute Gasteiger partial charge is 0.481 e. The minimum Gasteiger partial charge on any atom is -0.481 e. The topological polar surface area (TPSA) is 44.1 Å². The van der Waals surface area contributed by atoms with Crippen molar-refractivity contribution in [2.75, 3.05) is 0 Å². The highest BCUT2D eigenvalue weighted by molar-refractivity contribution is 5.74. The highest BCUT2D eigenvalue weighted by Gasteiger charge is 2.27. The molecule has 0 aliphatic carbocycles. The smallest absolute Gasteiger partial charge is 0.276 e. The van der Waals surface area contributed by atoms with Crippen LogP contribution in [0.1, 0.15) is 5.69 Å².